The highest BCUT2D eigenvalue weighted by Crippen LogP contribution is 2.33. The Balaban J connectivity index is 1.98. The maximum Gasteiger partial charge on any atom is 0.416 e. The van der Waals surface area contributed by atoms with Crippen molar-refractivity contribution in [2.75, 3.05) is 13.1 Å². The van der Waals surface area contributed by atoms with E-state index in [1.165, 1.54) is 6.07 Å². The van der Waals surface area contributed by atoms with Crippen LogP contribution in [0.2, 0.25) is 0 Å². The number of hydrogen-bond donors (Lipinski definition) is 1. The topological polar surface area (TPSA) is 59.0 Å². The number of likely N-dealkylation sites (tertiary alicyclic amines) is 1. The number of carbonyl (C=O) groups excluding carboxylic acids is 1. The van der Waals surface area contributed by atoms with Crippen LogP contribution in [-0.2, 0) is 17.5 Å². The monoisotopic (exact) mass is 375 g/mol. The lowest BCUT2D eigenvalue weighted by Gasteiger charge is -2.33. The third kappa shape index (κ3) is 5.79. The van der Waals surface area contributed by atoms with Gasteiger partial charge in [-0.2, -0.15) is 13.2 Å². The lowest BCUT2D eigenvalue weighted by molar-refractivity contribution is -0.137. The van der Waals surface area contributed by atoms with E-state index in [0.29, 0.717) is 25.9 Å². The molecule has 8 heteroatoms. The van der Waals surface area contributed by atoms with Crippen LogP contribution >= 0.6 is 0 Å². The first-order valence-electron chi connectivity index (χ1n) is 8.44. The van der Waals surface area contributed by atoms with Crippen LogP contribution in [0.1, 0.15) is 44.7 Å². The first-order valence-corrected chi connectivity index (χ1v) is 8.44. The minimum Gasteiger partial charge on any atom is -0.490 e. The van der Waals surface area contributed by atoms with E-state index in [9.17, 15) is 18.0 Å². The first-order chi connectivity index (χ1) is 12.0. The van der Waals surface area contributed by atoms with Gasteiger partial charge in [0.2, 0.25) is 0 Å². The van der Waals surface area contributed by atoms with Gasteiger partial charge in [-0.15, -0.1) is 0 Å². The smallest absolute Gasteiger partial charge is 0.416 e. The minimum absolute atomic E-state index is 0.0691. The van der Waals surface area contributed by atoms with Crippen molar-refractivity contribution in [3.05, 3.63) is 29.3 Å². The van der Waals surface area contributed by atoms with Crippen molar-refractivity contribution in [1.82, 2.24) is 4.90 Å². The van der Waals surface area contributed by atoms with Gasteiger partial charge in [-0.3, -0.25) is 0 Å². The zero-order valence-corrected chi connectivity index (χ0v) is 15.1. The van der Waals surface area contributed by atoms with Gasteiger partial charge in [0.25, 0.3) is 0 Å². The molecule has 0 radical (unpaired) electrons. The molecule has 2 rings (SSSR count). The molecule has 0 spiro atoms. The highest BCUT2D eigenvalue weighted by Gasteiger charge is 2.32. The second-order valence-electron chi connectivity index (χ2n) is 7.31. The number of nitrogens with zero attached hydrogens (tertiary/aromatic N) is 1. The SMILES string of the molecule is CC(C)(C)OC(=O)N1CCC(Oc2cc(CO)cc(C(F)(F)F)c2)CC1. The van der Waals surface area contributed by atoms with Crippen molar-refractivity contribution in [2.24, 2.45) is 0 Å². The highest BCUT2D eigenvalue weighted by atomic mass is 19.4. The van der Waals surface area contributed by atoms with Crippen molar-refractivity contribution in [2.45, 2.75) is 58.1 Å². The normalized spacial score (nSPS) is 16.5. The Hall–Kier alpha value is -1.96. The number of halogens is 3. The molecule has 5 nitrogen and oxygen atoms in total. The summed E-state index contributed by atoms with van der Waals surface area (Å²) in [6.07, 6.45) is -4.24. The Morgan fingerprint density at radius 2 is 1.81 bits per heavy atom. The number of hydrogen-bond acceptors (Lipinski definition) is 4. The van der Waals surface area contributed by atoms with Crippen LogP contribution in [0.5, 0.6) is 5.75 Å². The average Bonchev–Trinajstić information content (AvgIpc) is 2.52. The quantitative estimate of drug-likeness (QED) is 0.868. The van der Waals surface area contributed by atoms with Gasteiger partial charge >= 0.3 is 12.3 Å². The molecule has 1 fully saturated rings. The summed E-state index contributed by atoms with van der Waals surface area (Å²) in [6.45, 7) is 5.67. The molecule has 1 amide bonds. The van der Waals surface area contributed by atoms with E-state index in [-0.39, 0.29) is 17.4 Å². The third-order valence-electron chi connectivity index (χ3n) is 3.87. The lowest BCUT2D eigenvalue weighted by atomic mass is 10.1. The predicted octanol–water partition coefficient (Wildman–Crippen LogP) is 3.98. The summed E-state index contributed by atoms with van der Waals surface area (Å²) in [5.41, 5.74) is -1.30. The van der Waals surface area contributed by atoms with E-state index in [2.05, 4.69) is 0 Å². The molecule has 0 saturated carbocycles. The molecule has 1 aromatic rings. The first kappa shape index (κ1) is 20.4. The Labute approximate surface area is 150 Å². The number of ether oxygens (including phenoxy) is 2. The average molecular weight is 375 g/mol. The fourth-order valence-electron chi connectivity index (χ4n) is 2.66. The third-order valence-corrected chi connectivity index (χ3v) is 3.87. The van der Waals surface area contributed by atoms with Crippen LogP contribution in [0.25, 0.3) is 0 Å². The number of aliphatic hydroxyl groups excluding tert-OH is 1. The van der Waals surface area contributed by atoms with Gasteiger partial charge in [0.15, 0.2) is 0 Å². The van der Waals surface area contributed by atoms with E-state index in [1.807, 2.05) is 0 Å². The zero-order chi connectivity index (χ0) is 19.5. The molecule has 26 heavy (non-hydrogen) atoms. The standard InChI is InChI=1S/C18H24F3NO4/c1-17(2,3)26-16(24)22-6-4-14(5-7-22)25-15-9-12(11-23)8-13(10-15)18(19,20)21/h8-10,14,23H,4-7,11H2,1-3H3. The van der Waals surface area contributed by atoms with E-state index in [4.69, 9.17) is 14.6 Å². The summed E-state index contributed by atoms with van der Waals surface area (Å²) < 4.78 is 49.8. The van der Waals surface area contributed by atoms with Crippen molar-refractivity contribution < 1.29 is 32.5 Å². The molecular weight excluding hydrogens is 351 g/mol. The van der Waals surface area contributed by atoms with Crippen LogP contribution in [0, 0.1) is 0 Å². The summed E-state index contributed by atoms with van der Waals surface area (Å²) in [4.78, 5) is 13.6. The zero-order valence-electron chi connectivity index (χ0n) is 15.1. The largest absolute Gasteiger partial charge is 0.490 e. The van der Waals surface area contributed by atoms with E-state index >= 15 is 0 Å². The van der Waals surface area contributed by atoms with Gasteiger partial charge in [-0.25, -0.2) is 4.79 Å². The Kier molecular flexibility index (Phi) is 6.05. The molecule has 0 aliphatic carbocycles. The van der Waals surface area contributed by atoms with E-state index in [0.717, 1.165) is 12.1 Å². The van der Waals surface area contributed by atoms with Crippen molar-refractivity contribution in [3.8, 4) is 5.75 Å². The molecule has 0 bridgehead atoms. The highest BCUT2D eigenvalue weighted by molar-refractivity contribution is 5.68. The number of benzene rings is 1. The van der Waals surface area contributed by atoms with Gasteiger partial charge in [0.1, 0.15) is 17.5 Å². The number of alkyl halides is 3. The molecule has 1 aliphatic heterocycles. The molecular formula is C18H24F3NO4. The molecule has 0 atom stereocenters. The van der Waals surface area contributed by atoms with Crippen LogP contribution in [0.15, 0.2) is 18.2 Å². The van der Waals surface area contributed by atoms with Crippen LogP contribution in [-0.4, -0.2) is 40.9 Å². The van der Waals surface area contributed by atoms with Crippen molar-refractivity contribution >= 4 is 6.09 Å². The molecule has 0 unspecified atom stereocenters. The summed E-state index contributed by atoms with van der Waals surface area (Å²) in [5, 5.41) is 9.17. The number of amides is 1. The van der Waals surface area contributed by atoms with Gasteiger partial charge in [0, 0.05) is 25.9 Å². The van der Waals surface area contributed by atoms with Crippen LogP contribution < -0.4 is 4.74 Å². The molecule has 1 aliphatic rings. The summed E-state index contributed by atoms with van der Waals surface area (Å²) in [7, 11) is 0. The van der Waals surface area contributed by atoms with E-state index in [1.54, 1.807) is 25.7 Å². The second-order valence-corrected chi connectivity index (χ2v) is 7.31. The predicted molar refractivity (Wildman–Crippen MR) is 88.8 cm³/mol. The number of rotatable bonds is 3. The van der Waals surface area contributed by atoms with Gasteiger partial charge in [-0.1, -0.05) is 0 Å². The number of aliphatic hydroxyl groups is 1. The Morgan fingerprint density at radius 3 is 2.31 bits per heavy atom. The fourth-order valence-corrected chi connectivity index (χ4v) is 2.66. The summed E-state index contributed by atoms with van der Waals surface area (Å²) in [6, 6.07) is 3.23. The Morgan fingerprint density at radius 1 is 1.19 bits per heavy atom. The lowest BCUT2D eigenvalue weighted by Crippen LogP contribution is -2.44. The van der Waals surface area contributed by atoms with Crippen molar-refractivity contribution in [3.63, 3.8) is 0 Å². The molecule has 1 aromatic carbocycles. The molecule has 0 aromatic heterocycles. The van der Waals surface area contributed by atoms with Gasteiger partial charge in [0.05, 0.1) is 12.2 Å². The molecule has 146 valence electrons. The van der Waals surface area contributed by atoms with E-state index < -0.39 is 30.0 Å². The summed E-state index contributed by atoms with van der Waals surface area (Å²) in [5.74, 6) is 0.0691. The molecule has 1 heterocycles. The molecule has 1 saturated heterocycles. The number of piperidine rings is 1. The summed E-state index contributed by atoms with van der Waals surface area (Å²) >= 11 is 0. The molecule has 1 N–H and O–H groups in total. The van der Waals surface area contributed by atoms with Crippen molar-refractivity contribution in [1.29, 1.82) is 0 Å². The van der Waals surface area contributed by atoms with Gasteiger partial charge in [-0.05, 0) is 44.5 Å². The van der Waals surface area contributed by atoms with Crippen LogP contribution in [0.3, 0.4) is 0 Å². The maximum absolute atomic E-state index is 12.9. The Bertz CT molecular complexity index is 632. The van der Waals surface area contributed by atoms with Crippen LogP contribution in [0.4, 0.5) is 18.0 Å². The minimum atomic E-state index is -4.51. The van der Waals surface area contributed by atoms with Gasteiger partial charge < -0.3 is 19.5 Å². The fraction of sp³-hybridized carbons (Fsp3) is 0.611. The maximum atomic E-state index is 12.9. The second kappa shape index (κ2) is 7.73. The number of carbonyl (C=O) groups is 1.